The Morgan fingerprint density at radius 3 is 2.76 bits per heavy atom. The van der Waals surface area contributed by atoms with Gasteiger partial charge in [-0.05, 0) is 18.8 Å². The molecule has 2 atom stereocenters. The van der Waals surface area contributed by atoms with Gasteiger partial charge in [0.15, 0.2) is 0 Å². The predicted molar refractivity (Wildman–Crippen MR) is 66.6 cm³/mol. The third kappa shape index (κ3) is 4.49. The van der Waals surface area contributed by atoms with Gasteiger partial charge in [0, 0.05) is 18.8 Å². The monoisotopic (exact) mass is 240 g/mol. The van der Waals surface area contributed by atoms with E-state index in [0.29, 0.717) is 18.6 Å². The Morgan fingerprint density at radius 1 is 1.35 bits per heavy atom. The zero-order valence-electron chi connectivity index (χ0n) is 11.0. The minimum absolute atomic E-state index is 0.117. The number of esters is 1. The maximum absolute atomic E-state index is 11.8. The fourth-order valence-corrected chi connectivity index (χ4v) is 2.71. The normalized spacial score (nSPS) is 24.0. The molecule has 0 aromatic heterocycles. The van der Waals surface area contributed by atoms with Gasteiger partial charge in [0.25, 0.3) is 0 Å². The molecule has 3 heteroatoms. The summed E-state index contributed by atoms with van der Waals surface area (Å²) in [6.45, 7) is 2.18. The lowest BCUT2D eigenvalue weighted by Crippen LogP contribution is -2.18. The van der Waals surface area contributed by atoms with Crippen LogP contribution in [-0.2, 0) is 14.3 Å². The Hall–Kier alpha value is -0.860. The number of Topliss-reactive ketones (excluding diaryl/α,β-unsaturated/α-hetero) is 1. The summed E-state index contributed by atoms with van der Waals surface area (Å²) in [4.78, 5) is 23.0. The third-order valence-electron chi connectivity index (χ3n) is 3.77. The molecule has 0 bridgehead atoms. The van der Waals surface area contributed by atoms with E-state index in [2.05, 4.69) is 11.7 Å². The van der Waals surface area contributed by atoms with Gasteiger partial charge in [0.05, 0.1) is 7.11 Å². The quantitative estimate of drug-likeness (QED) is 0.507. The van der Waals surface area contributed by atoms with E-state index in [1.807, 2.05) is 0 Å². The van der Waals surface area contributed by atoms with E-state index in [1.54, 1.807) is 0 Å². The molecular formula is C14H24O3. The Bertz CT molecular complexity index is 260. The van der Waals surface area contributed by atoms with Crippen LogP contribution in [0.1, 0.15) is 58.3 Å². The molecule has 0 unspecified atom stereocenters. The first-order valence-corrected chi connectivity index (χ1v) is 6.78. The van der Waals surface area contributed by atoms with Crippen LogP contribution in [0.2, 0.25) is 0 Å². The fraction of sp³-hybridized carbons (Fsp3) is 0.857. The van der Waals surface area contributed by atoms with Crippen LogP contribution in [0.3, 0.4) is 0 Å². The van der Waals surface area contributed by atoms with Crippen molar-refractivity contribution in [3.63, 3.8) is 0 Å². The van der Waals surface area contributed by atoms with E-state index in [1.165, 1.54) is 26.4 Å². The van der Waals surface area contributed by atoms with Crippen LogP contribution >= 0.6 is 0 Å². The lowest BCUT2D eigenvalue weighted by Gasteiger charge is -2.16. The average molecular weight is 240 g/mol. The van der Waals surface area contributed by atoms with Crippen LogP contribution in [0.25, 0.3) is 0 Å². The first kappa shape index (κ1) is 14.2. The van der Waals surface area contributed by atoms with Gasteiger partial charge in [-0.15, -0.1) is 0 Å². The van der Waals surface area contributed by atoms with Gasteiger partial charge < -0.3 is 4.74 Å². The summed E-state index contributed by atoms with van der Waals surface area (Å²) in [5.41, 5.74) is 0. The molecule has 98 valence electrons. The summed E-state index contributed by atoms with van der Waals surface area (Å²) in [5, 5.41) is 0. The number of carbonyl (C=O) groups is 2. The van der Waals surface area contributed by atoms with Crippen molar-refractivity contribution in [2.75, 3.05) is 7.11 Å². The van der Waals surface area contributed by atoms with Gasteiger partial charge in [-0.3, -0.25) is 9.59 Å². The van der Waals surface area contributed by atoms with E-state index in [4.69, 9.17) is 0 Å². The number of unbranched alkanes of at least 4 members (excludes halogenated alkanes) is 3. The third-order valence-corrected chi connectivity index (χ3v) is 3.77. The van der Waals surface area contributed by atoms with Crippen molar-refractivity contribution in [2.24, 2.45) is 11.8 Å². The maximum Gasteiger partial charge on any atom is 0.305 e. The molecule has 0 aromatic carbocycles. The van der Waals surface area contributed by atoms with Crippen molar-refractivity contribution in [2.45, 2.75) is 58.3 Å². The summed E-state index contributed by atoms with van der Waals surface area (Å²) in [5.74, 6) is 0.529. The van der Waals surface area contributed by atoms with Crippen LogP contribution in [0, 0.1) is 11.8 Å². The van der Waals surface area contributed by atoms with E-state index in [0.717, 1.165) is 19.3 Å². The standard InChI is InChI=1S/C14H24O3/c1-3-4-5-6-7-12-11(8-9-13(12)15)10-14(16)17-2/h11-12H,3-10H2,1-2H3/t11-,12+/m1/s1. The molecular weight excluding hydrogens is 216 g/mol. The minimum atomic E-state index is -0.178. The summed E-state index contributed by atoms with van der Waals surface area (Å²) < 4.78 is 4.69. The maximum atomic E-state index is 11.8. The fourth-order valence-electron chi connectivity index (χ4n) is 2.71. The van der Waals surface area contributed by atoms with Crippen molar-refractivity contribution in [3.8, 4) is 0 Å². The van der Waals surface area contributed by atoms with E-state index < -0.39 is 0 Å². The SMILES string of the molecule is CCCCCC[C@@H]1C(=O)CC[C@@H]1CC(=O)OC. The molecule has 1 aliphatic carbocycles. The van der Waals surface area contributed by atoms with Crippen molar-refractivity contribution in [1.82, 2.24) is 0 Å². The molecule has 1 fully saturated rings. The molecule has 0 heterocycles. The minimum Gasteiger partial charge on any atom is -0.469 e. The molecule has 3 nitrogen and oxygen atoms in total. The van der Waals surface area contributed by atoms with Crippen molar-refractivity contribution >= 4 is 11.8 Å². The Kier molecular flexibility index (Phi) is 6.23. The second-order valence-corrected chi connectivity index (χ2v) is 5.00. The summed E-state index contributed by atoms with van der Waals surface area (Å²) in [6.07, 6.45) is 7.66. The van der Waals surface area contributed by atoms with Gasteiger partial charge in [0.1, 0.15) is 5.78 Å². The van der Waals surface area contributed by atoms with Gasteiger partial charge in [-0.25, -0.2) is 0 Å². The van der Waals surface area contributed by atoms with Crippen LogP contribution in [-0.4, -0.2) is 18.9 Å². The van der Waals surface area contributed by atoms with Crippen LogP contribution in [0.4, 0.5) is 0 Å². The first-order chi connectivity index (χ1) is 8.19. The predicted octanol–water partition coefficient (Wildman–Crippen LogP) is 3.12. The highest BCUT2D eigenvalue weighted by Gasteiger charge is 2.35. The Labute approximate surface area is 104 Å². The number of ether oxygens (including phenoxy) is 1. The number of hydrogen-bond acceptors (Lipinski definition) is 3. The van der Waals surface area contributed by atoms with Crippen LogP contribution in [0.15, 0.2) is 0 Å². The first-order valence-electron chi connectivity index (χ1n) is 6.78. The van der Waals surface area contributed by atoms with Gasteiger partial charge in [-0.1, -0.05) is 32.6 Å². The number of carbonyl (C=O) groups excluding carboxylic acids is 2. The molecule has 0 radical (unpaired) electrons. The number of methoxy groups -OCH3 is 1. The zero-order chi connectivity index (χ0) is 12.7. The highest BCUT2D eigenvalue weighted by atomic mass is 16.5. The lowest BCUT2D eigenvalue weighted by molar-refractivity contribution is -0.142. The lowest BCUT2D eigenvalue weighted by atomic mass is 9.88. The molecule has 1 rings (SSSR count). The molecule has 0 aliphatic heterocycles. The van der Waals surface area contributed by atoms with E-state index >= 15 is 0 Å². The molecule has 0 saturated heterocycles. The van der Waals surface area contributed by atoms with Crippen molar-refractivity contribution in [1.29, 1.82) is 0 Å². The molecule has 1 saturated carbocycles. The smallest absolute Gasteiger partial charge is 0.305 e. The summed E-state index contributed by atoms with van der Waals surface area (Å²) in [6, 6.07) is 0. The Balaban J connectivity index is 2.36. The second kappa shape index (κ2) is 7.46. The van der Waals surface area contributed by atoms with Crippen LogP contribution < -0.4 is 0 Å². The number of ketones is 1. The van der Waals surface area contributed by atoms with Crippen molar-refractivity contribution in [3.05, 3.63) is 0 Å². The Morgan fingerprint density at radius 2 is 2.12 bits per heavy atom. The molecule has 0 aromatic rings. The highest BCUT2D eigenvalue weighted by molar-refractivity contribution is 5.84. The molecule has 0 amide bonds. The summed E-state index contributed by atoms with van der Waals surface area (Å²) in [7, 11) is 1.41. The molecule has 17 heavy (non-hydrogen) atoms. The van der Waals surface area contributed by atoms with Crippen molar-refractivity contribution < 1.29 is 14.3 Å². The summed E-state index contributed by atoms with van der Waals surface area (Å²) >= 11 is 0. The van der Waals surface area contributed by atoms with Gasteiger partial charge >= 0.3 is 5.97 Å². The molecule has 1 aliphatic rings. The number of hydrogen-bond donors (Lipinski definition) is 0. The largest absolute Gasteiger partial charge is 0.469 e. The average Bonchev–Trinajstić information content (AvgIpc) is 2.66. The van der Waals surface area contributed by atoms with E-state index in [-0.39, 0.29) is 17.8 Å². The second-order valence-electron chi connectivity index (χ2n) is 5.00. The number of rotatable bonds is 7. The highest BCUT2D eigenvalue weighted by Crippen LogP contribution is 2.35. The molecule has 0 spiro atoms. The van der Waals surface area contributed by atoms with Gasteiger partial charge in [0.2, 0.25) is 0 Å². The van der Waals surface area contributed by atoms with E-state index in [9.17, 15) is 9.59 Å². The topological polar surface area (TPSA) is 43.4 Å². The van der Waals surface area contributed by atoms with Crippen LogP contribution in [0.5, 0.6) is 0 Å². The molecule has 0 N–H and O–H groups in total. The zero-order valence-corrected chi connectivity index (χ0v) is 11.0. The van der Waals surface area contributed by atoms with Gasteiger partial charge in [-0.2, -0.15) is 0 Å².